The first-order chi connectivity index (χ1) is 12.8. The highest BCUT2D eigenvalue weighted by Gasteiger charge is 2.24. The van der Waals surface area contributed by atoms with Crippen LogP contribution >= 0.6 is 11.3 Å². The number of carbonyl (C=O) groups excluding carboxylic acids is 1. The summed E-state index contributed by atoms with van der Waals surface area (Å²) in [4.78, 5) is 19.4. The van der Waals surface area contributed by atoms with Crippen LogP contribution in [0.25, 0.3) is 10.9 Å². The molecule has 26 heavy (non-hydrogen) atoms. The molecular weight excluding hydrogens is 344 g/mol. The smallest absolute Gasteiger partial charge is 0.315 e. The Kier molecular flexibility index (Phi) is 5.22. The summed E-state index contributed by atoms with van der Waals surface area (Å²) in [5, 5.41) is 9.28. The molecule has 0 saturated carbocycles. The number of para-hydroxylation sites is 1. The lowest BCUT2D eigenvalue weighted by atomic mass is 10.2. The van der Waals surface area contributed by atoms with Crippen molar-refractivity contribution in [3.8, 4) is 0 Å². The molecule has 0 spiro atoms. The zero-order valence-electron chi connectivity index (χ0n) is 14.7. The van der Waals surface area contributed by atoms with Gasteiger partial charge in [0.2, 0.25) is 0 Å². The van der Waals surface area contributed by atoms with Gasteiger partial charge in [-0.2, -0.15) is 0 Å². The molecule has 1 aliphatic rings. The lowest BCUT2D eigenvalue weighted by Crippen LogP contribution is -2.41. The molecule has 3 aromatic rings. The third kappa shape index (κ3) is 3.92. The first kappa shape index (κ1) is 17.1. The average Bonchev–Trinajstić information content (AvgIpc) is 3.40. The number of urea groups is 1. The van der Waals surface area contributed by atoms with Crippen molar-refractivity contribution in [2.24, 2.45) is 0 Å². The zero-order valence-corrected chi connectivity index (χ0v) is 15.5. The first-order valence-electron chi connectivity index (χ1n) is 9.15. The normalized spacial score (nSPS) is 16.0. The topological polar surface area (TPSA) is 60.2 Å². The second-order valence-corrected chi connectivity index (χ2v) is 7.70. The fourth-order valence-electron chi connectivity index (χ4n) is 3.60. The predicted octanol–water partition coefficient (Wildman–Crippen LogP) is 3.87. The summed E-state index contributed by atoms with van der Waals surface area (Å²) >= 11 is 1.76. The van der Waals surface area contributed by atoms with E-state index in [4.69, 9.17) is 0 Å². The number of likely N-dealkylation sites (tertiary alicyclic amines) is 1. The maximum atomic E-state index is 12.3. The van der Waals surface area contributed by atoms with E-state index in [2.05, 4.69) is 50.2 Å². The quantitative estimate of drug-likeness (QED) is 0.619. The summed E-state index contributed by atoms with van der Waals surface area (Å²) in [6.45, 7) is 3.36. The Morgan fingerprint density at radius 1 is 1.15 bits per heavy atom. The maximum absolute atomic E-state index is 12.3. The Labute approximate surface area is 157 Å². The number of aromatic nitrogens is 1. The summed E-state index contributed by atoms with van der Waals surface area (Å²) in [5.41, 5.74) is 2.10. The van der Waals surface area contributed by atoms with Crippen molar-refractivity contribution in [2.75, 3.05) is 19.6 Å². The van der Waals surface area contributed by atoms with Gasteiger partial charge in [0.05, 0.1) is 12.6 Å². The van der Waals surface area contributed by atoms with Crippen molar-refractivity contribution >= 4 is 28.3 Å². The second-order valence-electron chi connectivity index (χ2n) is 6.72. The molecular formula is C20H24N4OS. The summed E-state index contributed by atoms with van der Waals surface area (Å²) in [7, 11) is 0. The van der Waals surface area contributed by atoms with Gasteiger partial charge >= 0.3 is 6.03 Å². The van der Waals surface area contributed by atoms with E-state index in [1.165, 1.54) is 17.7 Å². The molecule has 5 nitrogen and oxygen atoms in total. The monoisotopic (exact) mass is 368 g/mol. The Balaban J connectivity index is 1.32. The van der Waals surface area contributed by atoms with Gasteiger partial charge in [0.1, 0.15) is 0 Å². The highest BCUT2D eigenvalue weighted by molar-refractivity contribution is 7.10. The molecule has 6 heteroatoms. The molecule has 4 rings (SSSR count). The zero-order chi connectivity index (χ0) is 17.8. The van der Waals surface area contributed by atoms with Gasteiger partial charge in [0.25, 0.3) is 0 Å². The molecule has 0 bridgehead atoms. The number of nitrogens with one attached hydrogen (secondary N) is 3. The standard InChI is InChI=1S/C20H24N4OS/c25-20(21-13-16-12-15-6-1-2-7-17(15)23-16)22-14-18(19-8-5-11-26-19)24-9-3-4-10-24/h1-2,5-8,11-12,18,23H,3-4,9-10,13-14H2,(H2,21,22,25). The van der Waals surface area contributed by atoms with Crippen molar-refractivity contribution < 1.29 is 4.79 Å². The molecule has 1 unspecified atom stereocenters. The van der Waals surface area contributed by atoms with E-state index in [9.17, 15) is 4.79 Å². The number of aromatic amines is 1. The van der Waals surface area contributed by atoms with E-state index < -0.39 is 0 Å². The Hall–Kier alpha value is -2.31. The molecule has 3 N–H and O–H groups in total. The van der Waals surface area contributed by atoms with Gasteiger partial charge < -0.3 is 15.6 Å². The molecule has 3 heterocycles. The number of hydrogen-bond acceptors (Lipinski definition) is 3. The van der Waals surface area contributed by atoms with Crippen molar-refractivity contribution in [1.29, 1.82) is 0 Å². The van der Waals surface area contributed by atoms with Crippen molar-refractivity contribution in [1.82, 2.24) is 20.5 Å². The minimum Gasteiger partial charge on any atom is -0.357 e. The van der Waals surface area contributed by atoms with Crippen molar-refractivity contribution in [3.63, 3.8) is 0 Å². The maximum Gasteiger partial charge on any atom is 0.315 e. The average molecular weight is 369 g/mol. The van der Waals surface area contributed by atoms with Crippen LogP contribution in [0.1, 0.15) is 29.5 Å². The Morgan fingerprint density at radius 3 is 2.77 bits per heavy atom. The van der Waals surface area contributed by atoms with Gasteiger partial charge in [-0.25, -0.2) is 4.79 Å². The molecule has 1 saturated heterocycles. The molecule has 2 amide bonds. The van der Waals surface area contributed by atoms with E-state index in [1.54, 1.807) is 11.3 Å². The van der Waals surface area contributed by atoms with E-state index in [0.29, 0.717) is 13.1 Å². The molecule has 0 radical (unpaired) electrons. The molecule has 1 aliphatic heterocycles. The fourth-order valence-corrected chi connectivity index (χ4v) is 4.46. The summed E-state index contributed by atoms with van der Waals surface area (Å²) in [6, 6.07) is 14.6. The lowest BCUT2D eigenvalue weighted by Gasteiger charge is -2.26. The van der Waals surface area contributed by atoms with Crippen LogP contribution in [-0.2, 0) is 6.54 Å². The molecule has 2 aromatic heterocycles. The van der Waals surface area contributed by atoms with Crippen LogP contribution in [-0.4, -0.2) is 35.5 Å². The van der Waals surface area contributed by atoms with Gasteiger partial charge in [0.15, 0.2) is 0 Å². The van der Waals surface area contributed by atoms with Crippen LogP contribution in [0.5, 0.6) is 0 Å². The number of amides is 2. The number of benzene rings is 1. The van der Waals surface area contributed by atoms with Gasteiger partial charge in [-0.1, -0.05) is 24.3 Å². The van der Waals surface area contributed by atoms with Gasteiger partial charge in [-0.05, 0) is 54.9 Å². The number of nitrogens with zero attached hydrogens (tertiary/aromatic N) is 1. The molecule has 0 aliphatic carbocycles. The van der Waals surface area contributed by atoms with Crippen LogP contribution < -0.4 is 10.6 Å². The Morgan fingerprint density at radius 2 is 2.00 bits per heavy atom. The summed E-state index contributed by atoms with van der Waals surface area (Å²) < 4.78 is 0. The third-order valence-electron chi connectivity index (χ3n) is 4.93. The summed E-state index contributed by atoms with van der Waals surface area (Å²) in [6.07, 6.45) is 2.49. The first-order valence-corrected chi connectivity index (χ1v) is 10.0. The van der Waals surface area contributed by atoms with Crippen LogP contribution in [0.2, 0.25) is 0 Å². The number of carbonyl (C=O) groups is 1. The number of thiophene rings is 1. The van der Waals surface area contributed by atoms with Gasteiger partial charge in [-0.15, -0.1) is 11.3 Å². The van der Waals surface area contributed by atoms with Gasteiger partial charge in [0, 0.05) is 22.6 Å². The largest absolute Gasteiger partial charge is 0.357 e. The van der Waals surface area contributed by atoms with Crippen LogP contribution in [0.3, 0.4) is 0 Å². The number of rotatable bonds is 6. The number of hydrogen-bond donors (Lipinski definition) is 3. The minimum absolute atomic E-state index is 0.121. The van der Waals surface area contributed by atoms with Crippen molar-refractivity contribution in [3.05, 3.63) is 58.4 Å². The third-order valence-corrected chi connectivity index (χ3v) is 5.91. The number of H-pyrrole nitrogens is 1. The van der Waals surface area contributed by atoms with Crippen LogP contribution in [0.15, 0.2) is 47.8 Å². The van der Waals surface area contributed by atoms with E-state index >= 15 is 0 Å². The van der Waals surface area contributed by atoms with Crippen LogP contribution in [0, 0.1) is 0 Å². The van der Waals surface area contributed by atoms with E-state index in [-0.39, 0.29) is 12.1 Å². The number of fused-ring (bicyclic) bond motifs is 1. The molecule has 1 fully saturated rings. The molecule has 136 valence electrons. The Bertz CT molecular complexity index is 819. The SMILES string of the molecule is O=C(NCc1cc2ccccc2[nH]1)NCC(c1cccs1)N1CCCC1. The minimum atomic E-state index is -0.121. The van der Waals surface area contributed by atoms with Crippen molar-refractivity contribution in [2.45, 2.75) is 25.4 Å². The molecule has 1 atom stereocenters. The lowest BCUT2D eigenvalue weighted by molar-refractivity contribution is 0.222. The highest BCUT2D eigenvalue weighted by Crippen LogP contribution is 2.27. The van der Waals surface area contributed by atoms with Gasteiger partial charge in [-0.3, -0.25) is 4.90 Å². The van der Waals surface area contributed by atoms with E-state index in [0.717, 1.165) is 29.7 Å². The predicted molar refractivity (Wildman–Crippen MR) is 106 cm³/mol. The summed E-state index contributed by atoms with van der Waals surface area (Å²) in [5.74, 6) is 0. The highest BCUT2D eigenvalue weighted by atomic mass is 32.1. The van der Waals surface area contributed by atoms with Crippen LogP contribution in [0.4, 0.5) is 4.79 Å². The molecule has 1 aromatic carbocycles. The second kappa shape index (κ2) is 7.93. The fraction of sp³-hybridized carbons (Fsp3) is 0.350. The van der Waals surface area contributed by atoms with E-state index in [1.807, 2.05) is 18.2 Å².